The van der Waals surface area contributed by atoms with Gasteiger partial charge in [0.1, 0.15) is 11.9 Å². The summed E-state index contributed by atoms with van der Waals surface area (Å²) in [5.74, 6) is 1.42. The minimum absolute atomic E-state index is 0.151. The van der Waals surface area contributed by atoms with Gasteiger partial charge < -0.3 is 14.6 Å². The number of rotatable bonds is 6. The van der Waals surface area contributed by atoms with E-state index in [1.54, 1.807) is 13.2 Å². The molecule has 0 radical (unpaired) electrons. The zero-order valence-electron chi connectivity index (χ0n) is 17.5. The monoisotopic (exact) mass is 480 g/mol. The minimum Gasteiger partial charge on any atom is -0.504 e. The van der Waals surface area contributed by atoms with E-state index in [0.29, 0.717) is 18.8 Å². The van der Waals surface area contributed by atoms with E-state index in [4.69, 9.17) is 14.5 Å². The quantitative estimate of drug-likeness (QED) is 0.468. The molecular weight excluding hydrogens is 456 g/mol. The fourth-order valence-corrected chi connectivity index (χ4v) is 4.29. The normalized spacial score (nSPS) is 18.4. The molecule has 0 spiro atoms. The number of phenols is 1. The van der Waals surface area contributed by atoms with Gasteiger partial charge in [0, 0.05) is 33.8 Å². The highest BCUT2D eigenvalue weighted by Gasteiger charge is 2.29. The molecule has 0 amide bonds. The van der Waals surface area contributed by atoms with Gasteiger partial charge in [-0.15, -0.1) is 0 Å². The predicted octanol–water partition coefficient (Wildman–Crippen LogP) is 5.78. The van der Waals surface area contributed by atoms with Crippen molar-refractivity contribution < 1.29 is 14.6 Å². The molecule has 31 heavy (non-hydrogen) atoms. The second-order valence-corrected chi connectivity index (χ2v) is 8.20. The van der Waals surface area contributed by atoms with Gasteiger partial charge in [-0.3, -0.25) is 10.3 Å². The Morgan fingerprint density at radius 3 is 2.55 bits per heavy atom. The summed E-state index contributed by atoms with van der Waals surface area (Å²) in [6.07, 6.45) is 0.310. The molecule has 0 saturated heterocycles. The molecule has 160 valence electrons. The Morgan fingerprint density at radius 1 is 1.03 bits per heavy atom. The molecule has 0 saturated carbocycles. The Kier molecular flexibility index (Phi) is 6.59. The maximum absolute atomic E-state index is 10.9. The number of benzene rings is 3. The van der Waals surface area contributed by atoms with E-state index in [9.17, 15) is 5.11 Å². The Hall–Kier alpha value is -2.83. The third-order valence-electron chi connectivity index (χ3n) is 5.34. The number of nitrogens with zero attached hydrogens (tertiary/aromatic N) is 1. The lowest BCUT2D eigenvalue weighted by Gasteiger charge is -2.31. The summed E-state index contributed by atoms with van der Waals surface area (Å²) in [4.78, 5) is 5.03. The number of methoxy groups -OCH3 is 1. The number of ether oxygens (including phenoxy) is 2. The van der Waals surface area contributed by atoms with Gasteiger partial charge in [-0.25, -0.2) is 0 Å². The Bertz CT molecular complexity index is 1100. The second-order valence-electron chi connectivity index (χ2n) is 7.28. The van der Waals surface area contributed by atoms with Crippen LogP contribution in [0.3, 0.4) is 0 Å². The largest absolute Gasteiger partial charge is 0.504 e. The second kappa shape index (κ2) is 9.54. The molecule has 1 heterocycles. The van der Waals surface area contributed by atoms with Crippen LogP contribution >= 0.6 is 15.9 Å². The van der Waals surface area contributed by atoms with Gasteiger partial charge in [-0.2, -0.15) is 0 Å². The number of phenolic OH excluding ortho intramolecular Hbond substituents is 1. The molecule has 0 bridgehead atoms. The number of aromatic hydroxyl groups is 1. The topological polar surface area (TPSA) is 63.1 Å². The lowest BCUT2D eigenvalue weighted by Crippen LogP contribution is -2.33. The molecule has 2 atom stereocenters. The first-order valence-electron chi connectivity index (χ1n) is 10.3. The zero-order chi connectivity index (χ0) is 21.8. The van der Waals surface area contributed by atoms with Gasteiger partial charge in [0.05, 0.1) is 13.7 Å². The van der Waals surface area contributed by atoms with Crippen molar-refractivity contribution in [3.8, 4) is 17.2 Å². The van der Waals surface area contributed by atoms with Crippen LogP contribution in [0.25, 0.3) is 0 Å². The minimum atomic E-state index is -0.320. The molecule has 0 unspecified atom stereocenters. The van der Waals surface area contributed by atoms with Gasteiger partial charge >= 0.3 is 0 Å². The van der Waals surface area contributed by atoms with Crippen molar-refractivity contribution in [2.45, 2.75) is 25.6 Å². The van der Waals surface area contributed by atoms with Crippen LogP contribution in [0.4, 0.5) is 0 Å². The average Bonchev–Trinajstić information content (AvgIpc) is 2.80. The molecule has 6 heteroatoms. The number of hydrogen-bond acceptors (Lipinski definition) is 5. The highest BCUT2D eigenvalue weighted by molar-refractivity contribution is 9.10. The fraction of sp³-hybridized carbons (Fsp3) is 0.240. The Balaban J connectivity index is 1.79. The Labute approximate surface area is 190 Å². The zero-order valence-corrected chi connectivity index (χ0v) is 19.1. The van der Waals surface area contributed by atoms with Crippen LogP contribution in [0.1, 0.15) is 42.2 Å². The molecular formula is C25H25BrN2O3. The van der Waals surface area contributed by atoms with Crippen molar-refractivity contribution in [3.63, 3.8) is 0 Å². The van der Waals surface area contributed by atoms with Gasteiger partial charge in [0.15, 0.2) is 11.5 Å². The van der Waals surface area contributed by atoms with E-state index >= 15 is 0 Å². The van der Waals surface area contributed by atoms with E-state index in [-0.39, 0.29) is 18.0 Å². The highest BCUT2D eigenvalue weighted by atomic mass is 79.9. The summed E-state index contributed by atoms with van der Waals surface area (Å²) in [5.41, 5.74) is 3.74. The van der Waals surface area contributed by atoms with Crippen LogP contribution in [0, 0.1) is 0 Å². The van der Waals surface area contributed by atoms with Crippen LogP contribution in [-0.4, -0.2) is 24.5 Å². The van der Waals surface area contributed by atoms with E-state index in [0.717, 1.165) is 32.6 Å². The van der Waals surface area contributed by atoms with Crippen molar-refractivity contribution in [2.24, 2.45) is 4.99 Å². The van der Waals surface area contributed by atoms with Crippen molar-refractivity contribution in [1.29, 1.82) is 0 Å². The van der Waals surface area contributed by atoms with Crippen molar-refractivity contribution in [2.75, 3.05) is 13.7 Å². The summed E-state index contributed by atoms with van der Waals surface area (Å²) in [7, 11) is 1.66. The lowest BCUT2D eigenvalue weighted by molar-refractivity contribution is 0.313. The van der Waals surface area contributed by atoms with Gasteiger partial charge in [-0.05, 0) is 36.8 Å². The van der Waals surface area contributed by atoms with E-state index in [2.05, 4.69) is 33.4 Å². The van der Waals surface area contributed by atoms with Crippen LogP contribution in [-0.2, 0) is 0 Å². The van der Waals surface area contributed by atoms with Crippen LogP contribution in [0.2, 0.25) is 0 Å². The van der Waals surface area contributed by atoms with Gasteiger partial charge in [0.25, 0.3) is 0 Å². The van der Waals surface area contributed by atoms with Gasteiger partial charge in [0.2, 0.25) is 0 Å². The smallest absolute Gasteiger partial charge is 0.162 e. The number of halogens is 1. The molecule has 1 aliphatic heterocycles. The predicted molar refractivity (Wildman–Crippen MR) is 126 cm³/mol. The third kappa shape index (κ3) is 4.60. The standard InChI is InChI=1S/C25H25BrN2O3/c1-3-31-23-13-7-11-18(24(23)29)21-15-20(16-8-6-9-17(26)14-16)27-25(28-21)19-10-4-5-12-22(19)30-2/h4-14,21,25,28-29H,3,15H2,1-2H3/t21-,25-/m0/s1. The number of hydrogen-bond donors (Lipinski definition) is 2. The van der Waals surface area contributed by atoms with E-state index in [1.165, 1.54) is 0 Å². The summed E-state index contributed by atoms with van der Waals surface area (Å²) in [5, 5.41) is 14.5. The first-order valence-corrected chi connectivity index (χ1v) is 11.1. The average molecular weight is 481 g/mol. The Morgan fingerprint density at radius 2 is 1.77 bits per heavy atom. The summed E-state index contributed by atoms with van der Waals surface area (Å²) in [6.45, 7) is 2.39. The molecule has 4 rings (SSSR count). The number of para-hydroxylation sites is 2. The highest BCUT2D eigenvalue weighted by Crippen LogP contribution is 2.40. The molecule has 5 nitrogen and oxygen atoms in total. The van der Waals surface area contributed by atoms with Crippen LogP contribution in [0.5, 0.6) is 17.2 Å². The maximum Gasteiger partial charge on any atom is 0.162 e. The maximum atomic E-state index is 10.9. The first kappa shape index (κ1) is 21.4. The SMILES string of the molecule is CCOc1cccc([C@@H]2CC(c3cccc(Br)c3)=N[C@H](c3ccccc3OC)N2)c1O. The fourth-order valence-electron chi connectivity index (χ4n) is 3.89. The molecule has 2 N–H and O–H groups in total. The molecule has 3 aromatic carbocycles. The van der Waals surface area contributed by atoms with Crippen molar-refractivity contribution >= 4 is 21.6 Å². The third-order valence-corrected chi connectivity index (χ3v) is 5.83. The van der Waals surface area contributed by atoms with Crippen LogP contribution in [0.15, 0.2) is 76.2 Å². The van der Waals surface area contributed by atoms with Crippen molar-refractivity contribution in [1.82, 2.24) is 5.32 Å². The summed E-state index contributed by atoms with van der Waals surface area (Å²) >= 11 is 3.56. The number of nitrogens with one attached hydrogen (secondary N) is 1. The molecule has 0 aliphatic carbocycles. The lowest BCUT2D eigenvalue weighted by atomic mass is 9.93. The summed E-state index contributed by atoms with van der Waals surface area (Å²) < 4.78 is 12.2. The molecule has 1 aliphatic rings. The number of aliphatic imine (C=N–C) groups is 1. The van der Waals surface area contributed by atoms with Crippen molar-refractivity contribution in [3.05, 3.63) is 87.9 Å². The van der Waals surface area contributed by atoms with Gasteiger partial charge in [-0.1, -0.05) is 58.4 Å². The first-order chi connectivity index (χ1) is 15.1. The molecule has 3 aromatic rings. The molecule has 0 fully saturated rings. The van der Waals surface area contributed by atoms with E-state index in [1.807, 2.05) is 55.5 Å². The molecule has 0 aromatic heterocycles. The summed E-state index contributed by atoms with van der Waals surface area (Å²) in [6, 6.07) is 21.5. The van der Waals surface area contributed by atoms with Crippen LogP contribution < -0.4 is 14.8 Å². The van der Waals surface area contributed by atoms with E-state index < -0.39 is 0 Å².